The number of carbonyl (C=O) groups is 1. The van der Waals surface area contributed by atoms with Gasteiger partial charge in [0.15, 0.2) is 0 Å². The van der Waals surface area contributed by atoms with Crippen molar-refractivity contribution in [3.05, 3.63) is 0 Å². The second-order valence-electron chi connectivity index (χ2n) is 3.85. The molecule has 16 heavy (non-hydrogen) atoms. The number of hydrogen-bond acceptors (Lipinski definition) is 4. The van der Waals surface area contributed by atoms with Gasteiger partial charge < -0.3 is 20.3 Å². The molecule has 5 nitrogen and oxygen atoms in total. The van der Waals surface area contributed by atoms with E-state index in [0.29, 0.717) is 13.0 Å². The number of rotatable bonds is 11. The first-order chi connectivity index (χ1) is 7.66. The molecule has 1 atom stereocenters. The maximum Gasteiger partial charge on any atom is 0.303 e. The molecule has 0 aromatic heterocycles. The van der Waals surface area contributed by atoms with E-state index >= 15 is 0 Å². The van der Waals surface area contributed by atoms with Crippen LogP contribution in [0.3, 0.4) is 0 Å². The molecule has 0 fully saturated rings. The van der Waals surface area contributed by atoms with Crippen LogP contribution in [0.5, 0.6) is 0 Å². The molecule has 0 heterocycles. The zero-order valence-corrected chi connectivity index (χ0v) is 9.95. The molecule has 0 bridgehead atoms. The molecule has 0 amide bonds. The highest BCUT2D eigenvalue weighted by molar-refractivity contribution is 5.66. The van der Waals surface area contributed by atoms with Crippen LogP contribution in [-0.2, 0) is 9.53 Å². The Labute approximate surface area is 96.8 Å². The minimum Gasteiger partial charge on any atom is -0.481 e. The lowest BCUT2D eigenvalue weighted by Gasteiger charge is -2.09. The van der Waals surface area contributed by atoms with Crippen LogP contribution in [0.1, 0.15) is 32.1 Å². The molecular weight excluding hydrogens is 210 g/mol. The Morgan fingerprint density at radius 2 is 2.06 bits per heavy atom. The number of aliphatic hydroxyl groups is 1. The van der Waals surface area contributed by atoms with Gasteiger partial charge in [-0.25, -0.2) is 0 Å². The Balaban J connectivity index is 3.06. The quantitative estimate of drug-likeness (QED) is 0.456. The summed E-state index contributed by atoms with van der Waals surface area (Å²) < 4.78 is 4.80. The van der Waals surface area contributed by atoms with Crippen LogP contribution in [0, 0.1) is 0 Å². The molecule has 0 saturated carbocycles. The van der Waals surface area contributed by atoms with Crippen molar-refractivity contribution in [1.29, 1.82) is 0 Å². The van der Waals surface area contributed by atoms with Crippen LogP contribution < -0.4 is 5.32 Å². The standard InChI is InChI=1S/C11H23NO4/c1-16-9-10(13)6-8-12-7-4-2-3-5-11(14)15/h10,12-13H,2-9H2,1H3,(H,14,15). The van der Waals surface area contributed by atoms with Crippen molar-refractivity contribution in [2.75, 3.05) is 26.8 Å². The van der Waals surface area contributed by atoms with Crippen molar-refractivity contribution in [3.8, 4) is 0 Å². The van der Waals surface area contributed by atoms with Gasteiger partial charge in [-0.1, -0.05) is 6.42 Å². The van der Waals surface area contributed by atoms with Gasteiger partial charge in [-0.05, 0) is 32.4 Å². The van der Waals surface area contributed by atoms with Crippen molar-refractivity contribution in [1.82, 2.24) is 5.32 Å². The van der Waals surface area contributed by atoms with Gasteiger partial charge in [-0.15, -0.1) is 0 Å². The van der Waals surface area contributed by atoms with E-state index in [1.165, 1.54) is 0 Å². The number of methoxy groups -OCH3 is 1. The largest absolute Gasteiger partial charge is 0.481 e. The van der Waals surface area contributed by atoms with Gasteiger partial charge in [-0.2, -0.15) is 0 Å². The molecule has 0 saturated heterocycles. The SMILES string of the molecule is COCC(O)CCNCCCCCC(=O)O. The van der Waals surface area contributed by atoms with Crippen LogP contribution in [0.4, 0.5) is 0 Å². The third-order valence-corrected chi connectivity index (χ3v) is 2.26. The summed E-state index contributed by atoms with van der Waals surface area (Å²) in [5, 5.41) is 20.9. The molecular formula is C11H23NO4. The van der Waals surface area contributed by atoms with Crippen LogP contribution in [0.15, 0.2) is 0 Å². The molecule has 96 valence electrons. The lowest BCUT2D eigenvalue weighted by Crippen LogP contribution is -2.24. The number of aliphatic hydroxyl groups excluding tert-OH is 1. The highest BCUT2D eigenvalue weighted by Gasteiger charge is 2.01. The van der Waals surface area contributed by atoms with Crippen molar-refractivity contribution >= 4 is 5.97 Å². The first kappa shape index (κ1) is 15.3. The van der Waals surface area contributed by atoms with E-state index in [1.807, 2.05) is 0 Å². The second kappa shape index (κ2) is 10.9. The van der Waals surface area contributed by atoms with E-state index in [-0.39, 0.29) is 6.42 Å². The molecule has 0 rings (SSSR count). The number of carboxylic acid groups (broad SMARTS) is 1. The summed E-state index contributed by atoms with van der Waals surface area (Å²) in [6.45, 7) is 2.02. The molecule has 0 aromatic rings. The maximum atomic E-state index is 10.2. The molecule has 3 N–H and O–H groups in total. The average Bonchev–Trinajstić information content (AvgIpc) is 2.22. The average molecular weight is 233 g/mol. The summed E-state index contributed by atoms with van der Waals surface area (Å²) in [4.78, 5) is 10.2. The lowest BCUT2D eigenvalue weighted by molar-refractivity contribution is -0.137. The highest BCUT2D eigenvalue weighted by atomic mass is 16.5. The summed E-state index contributed by atoms with van der Waals surface area (Å²) in [5.74, 6) is -0.726. The fraction of sp³-hybridized carbons (Fsp3) is 0.909. The van der Waals surface area contributed by atoms with Crippen LogP contribution in [0.2, 0.25) is 0 Å². The van der Waals surface area contributed by atoms with Gasteiger partial charge in [0, 0.05) is 13.5 Å². The van der Waals surface area contributed by atoms with Gasteiger partial charge in [0.25, 0.3) is 0 Å². The van der Waals surface area contributed by atoms with E-state index in [0.717, 1.165) is 32.4 Å². The third kappa shape index (κ3) is 11.4. The Hall–Kier alpha value is -0.650. The van der Waals surface area contributed by atoms with Gasteiger partial charge in [0.05, 0.1) is 12.7 Å². The minimum absolute atomic E-state index is 0.257. The minimum atomic E-state index is -0.726. The molecule has 0 aliphatic carbocycles. The Morgan fingerprint density at radius 3 is 2.69 bits per heavy atom. The molecule has 1 unspecified atom stereocenters. The summed E-state index contributed by atoms with van der Waals surface area (Å²) >= 11 is 0. The third-order valence-electron chi connectivity index (χ3n) is 2.26. The van der Waals surface area contributed by atoms with E-state index in [2.05, 4.69) is 5.32 Å². The monoisotopic (exact) mass is 233 g/mol. The summed E-state index contributed by atoms with van der Waals surface area (Å²) in [6.07, 6.45) is 3.19. The number of carboxylic acids is 1. The van der Waals surface area contributed by atoms with Crippen molar-refractivity contribution < 1.29 is 19.7 Å². The number of hydrogen-bond donors (Lipinski definition) is 3. The summed E-state index contributed by atoms with van der Waals surface area (Å²) in [6, 6.07) is 0. The van der Waals surface area contributed by atoms with Gasteiger partial charge in [0.2, 0.25) is 0 Å². The lowest BCUT2D eigenvalue weighted by atomic mass is 10.2. The van der Waals surface area contributed by atoms with E-state index in [9.17, 15) is 9.90 Å². The zero-order chi connectivity index (χ0) is 12.2. The predicted molar refractivity (Wildman–Crippen MR) is 61.5 cm³/mol. The number of aliphatic carboxylic acids is 1. The summed E-state index contributed by atoms with van der Waals surface area (Å²) in [5.41, 5.74) is 0. The number of nitrogens with one attached hydrogen (secondary N) is 1. The molecule has 0 aliphatic rings. The normalized spacial score (nSPS) is 12.6. The van der Waals surface area contributed by atoms with E-state index < -0.39 is 12.1 Å². The fourth-order valence-electron chi connectivity index (χ4n) is 1.37. The van der Waals surface area contributed by atoms with Crippen LogP contribution >= 0.6 is 0 Å². The van der Waals surface area contributed by atoms with Crippen molar-refractivity contribution in [3.63, 3.8) is 0 Å². The Kier molecular flexibility index (Phi) is 10.4. The summed E-state index contributed by atoms with van der Waals surface area (Å²) in [7, 11) is 1.57. The first-order valence-electron chi connectivity index (χ1n) is 5.76. The first-order valence-corrected chi connectivity index (χ1v) is 5.76. The molecule has 0 radical (unpaired) electrons. The predicted octanol–water partition coefficient (Wildman–Crippen LogP) is 0.618. The second-order valence-corrected chi connectivity index (χ2v) is 3.85. The van der Waals surface area contributed by atoms with Gasteiger partial charge in [0.1, 0.15) is 0 Å². The molecule has 0 aromatic carbocycles. The van der Waals surface area contributed by atoms with Gasteiger partial charge >= 0.3 is 5.97 Å². The topological polar surface area (TPSA) is 78.8 Å². The fourth-order valence-corrected chi connectivity index (χ4v) is 1.37. The zero-order valence-electron chi connectivity index (χ0n) is 9.95. The molecule has 0 aliphatic heterocycles. The maximum absolute atomic E-state index is 10.2. The van der Waals surface area contributed by atoms with Crippen LogP contribution in [0.25, 0.3) is 0 Å². The van der Waals surface area contributed by atoms with Crippen molar-refractivity contribution in [2.45, 2.75) is 38.2 Å². The van der Waals surface area contributed by atoms with Crippen LogP contribution in [-0.4, -0.2) is 49.1 Å². The Morgan fingerprint density at radius 1 is 1.31 bits per heavy atom. The van der Waals surface area contributed by atoms with E-state index in [4.69, 9.17) is 9.84 Å². The smallest absolute Gasteiger partial charge is 0.303 e. The molecule has 5 heteroatoms. The number of unbranched alkanes of at least 4 members (excludes halogenated alkanes) is 2. The highest BCUT2D eigenvalue weighted by Crippen LogP contribution is 1.98. The van der Waals surface area contributed by atoms with Gasteiger partial charge in [-0.3, -0.25) is 4.79 Å². The van der Waals surface area contributed by atoms with E-state index in [1.54, 1.807) is 7.11 Å². The molecule has 0 spiro atoms. The number of ether oxygens (including phenoxy) is 1. The Bertz CT molecular complexity index is 175. The van der Waals surface area contributed by atoms with Crippen molar-refractivity contribution in [2.24, 2.45) is 0 Å².